The first-order valence-electron chi connectivity index (χ1n) is 9.34. The maximum atomic E-state index is 14.1. The van der Waals surface area contributed by atoms with Gasteiger partial charge in [0.1, 0.15) is 0 Å². The number of hydrogen-bond donors (Lipinski definition) is 1. The molecule has 1 saturated heterocycles. The molecule has 6 nitrogen and oxygen atoms in total. The standard InChI is InChI=1S/C18H26FN5OS/c1-11-14(19)15(25-2)22-17(21-11)24-8-13-9-26-16(20)23-18(13,10-24)12-6-4-3-5-7-12/h12-13H,3-10H2,1-2H3,(H2,20,23). The smallest absolute Gasteiger partial charge is 0.255 e. The average Bonchev–Trinajstić information content (AvgIpc) is 3.04. The molecule has 0 bridgehead atoms. The second-order valence-electron chi connectivity index (χ2n) is 7.60. The van der Waals surface area contributed by atoms with Crippen LogP contribution in [0.1, 0.15) is 37.8 Å². The molecular weight excluding hydrogens is 353 g/mol. The zero-order valence-corrected chi connectivity index (χ0v) is 16.2. The van der Waals surface area contributed by atoms with Crippen LogP contribution in [0.15, 0.2) is 4.99 Å². The van der Waals surface area contributed by atoms with Gasteiger partial charge in [-0.3, -0.25) is 4.99 Å². The Labute approximate surface area is 157 Å². The monoisotopic (exact) mass is 379 g/mol. The van der Waals surface area contributed by atoms with E-state index in [1.165, 1.54) is 39.2 Å². The Morgan fingerprint density at radius 2 is 2.00 bits per heavy atom. The number of methoxy groups -OCH3 is 1. The van der Waals surface area contributed by atoms with Gasteiger partial charge in [-0.05, 0) is 25.7 Å². The van der Waals surface area contributed by atoms with Crippen molar-refractivity contribution in [2.24, 2.45) is 22.6 Å². The van der Waals surface area contributed by atoms with E-state index in [2.05, 4.69) is 14.9 Å². The van der Waals surface area contributed by atoms with Gasteiger partial charge in [0.15, 0.2) is 5.17 Å². The molecule has 1 aromatic rings. The molecule has 0 amide bonds. The van der Waals surface area contributed by atoms with Gasteiger partial charge in [0.2, 0.25) is 11.8 Å². The summed E-state index contributed by atoms with van der Waals surface area (Å²) < 4.78 is 19.2. The van der Waals surface area contributed by atoms with Gasteiger partial charge in [0, 0.05) is 24.8 Å². The summed E-state index contributed by atoms with van der Waals surface area (Å²) in [6.45, 7) is 3.22. The maximum absolute atomic E-state index is 14.1. The van der Waals surface area contributed by atoms with Crippen molar-refractivity contribution in [1.29, 1.82) is 0 Å². The molecule has 3 aliphatic rings. The van der Waals surface area contributed by atoms with Gasteiger partial charge in [-0.15, -0.1) is 0 Å². The first kappa shape index (κ1) is 17.8. The maximum Gasteiger partial charge on any atom is 0.255 e. The van der Waals surface area contributed by atoms with E-state index < -0.39 is 5.82 Å². The second kappa shape index (κ2) is 6.87. The van der Waals surface area contributed by atoms with Gasteiger partial charge in [-0.2, -0.15) is 9.37 Å². The molecule has 26 heavy (non-hydrogen) atoms. The number of anilines is 1. The number of fused-ring (bicyclic) bond motifs is 1. The first-order chi connectivity index (χ1) is 12.5. The predicted molar refractivity (Wildman–Crippen MR) is 102 cm³/mol. The summed E-state index contributed by atoms with van der Waals surface area (Å²) in [5.41, 5.74) is 6.30. The minimum absolute atomic E-state index is 0.00600. The van der Waals surface area contributed by atoms with Crippen molar-refractivity contribution in [3.63, 3.8) is 0 Å². The average molecular weight is 380 g/mol. The topological polar surface area (TPSA) is 76.6 Å². The lowest BCUT2D eigenvalue weighted by atomic mass is 9.70. The third-order valence-electron chi connectivity index (χ3n) is 6.11. The van der Waals surface area contributed by atoms with Crippen LogP contribution in [0, 0.1) is 24.6 Å². The van der Waals surface area contributed by atoms with Gasteiger partial charge in [0.05, 0.1) is 18.3 Å². The molecule has 0 spiro atoms. The minimum atomic E-state index is -0.493. The highest BCUT2D eigenvalue weighted by atomic mass is 32.2. The highest BCUT2D eigenvalue weighted by molar-refractivity contribution is 8.13. The Morgan fingerprint density at radius 1 is 1.23 bits per heavy atom. The fourth-order valence-electron chi connectivity index (χ4n) is 4.77. The molecule has 2 atom stereocenters. The third-order valence-corrected chi connectivity index (χ3v) is 7.06. The van der Waals surface area contributed by atoms with E-state index >= 15 is 0 Å². The van der Waals surface area contributed by atoms with Crippen LogP contribution < -0.4 is 15.4 Å². The van der Waals surface area contributed by atoms with Crippen LogP contribution in [0.2, 0.25) is 0 Å². The van der Waals surface area contributed by atoms with Crippen LogP contribution >= 0.6 is 11.8 Å². The zero-order chi connectivity index (χ0) is 18.3. The van der Waals surface area contributed by atoms with E-state index in [1.807, 2.05) is 0 Å². The fourth-order valence-corrected chi connectivity index (χ4v) is 5.78. The van der Waals surface area contributed by atoms with Crippen molar-refractivity contribution < 1.29 is 9.13 Å². The molecule has 2 unspecified atom stereocenters. The summed E-state index contributed by atoms with van der Waals surface area (Å²) in [6.07, 6.45) is 6.26. The van der Waals surface area contributed by atoms with E-state index in [1.54, 1.807) is 18.7 Å². The lowest BCUT2D eigenvalue weighted by Crippen LogP contribution is -2.49. The molecule has 3 heterocycles. The Kier molecular flexibility index (Phi) is 4.71. The highest BCUT2D eigenvalue weighted by Gasteiger charge is 2.54. The van der Waals surface area contributed by atoms with E-state index in [0.29, 0.717) is 28.6 Å². The van der Waals surface area contributed by atoms with Crippen LogP contribution in [-0.2, 0) is 0 Å². The molecule has 1 saturated carbocycles. The van der Waals surface area contributed by atoms with Crippen molar-refractivity contribution in [3.8, 4) is 5.88 Å². The van der Waals surface area contributed by atoms with Gasteiger partial charge in [0.25, 0.3) is 5.88 Å². The number of halogens is 1. The molecule has 2 fully saturated rings. The number of ether oxygens (including phenoxy) is 1. The van der Waals surface area contributed by atoms with Crippen LogP contribution in [0.3, 0.4) is 0 Å². The zero-order valence-electron chi connectivity index (χ0n) is 15.4. The lowest BCUT2D eigenvalue weighted by Gasteiger charge is -2.42. The molecule has 0 aromatic carbocycles. The van der Waals surface area contributed by atoms with Gasteiger partial charge in [-0.25, -0.2) is 4.98 Å². The van der Waals surface area contributed by atoms with Gasteiger partial charge in [-0.1, -0.05) is 31.0 Å². The number of nitrogens with zero attached hydrogens (tertiary/aromatic N) is 4. The summed E-state index contributed by atoms with van der Waals surface area (Å²) in [6, 6.07) is 0. The van der Waals surface area contributed by atoms with E-state index in [0.717, 1.165) is 18.8 Å². The molecule has 2 aliphatic heterocycles. The third kappa shape index (κ3) is 2.92. The summed E-state index contributed by atoms with van der Waals surface area (Å²) >= 11 is 1.64. The normalized spacial score (nSPS) is 29.4. The van der Waals surface area contributed by atoms with Gasteiger partial charge < -0.3 is 15.4 Å². The van der Waals surface area contributed by atoms with Crippen molar-refractivity contribution in [1.82, 2.24) is 9.97 Å². The number of aromatic nitrogens is 2. The minimum Gasteiger partial charge on any atom is -0.479 e. The molecular formula is C18H26FN5OS. The number of hydrogen-bond acceptors (Lipinski definition) is 7. The van der Waals surface area contributed by atoms with Crippen LogP contribution in [-0.4, -0.2) is 46.6 Å². The number of rotatable bonds is 3. The number of aryl methyl sites for hydroxylation is 1. The van der Waals surface area contributed by atoms with Crippen LogP contribution in [0.25, 0.3) is 0 Å². The summed E-state index contributed by atoms with van der Waals surface area (Å²) in [5.74, 6) is 1.99. The highest BCUT2D eigenvalue weighted by Crippen LogP contribution is 2.48. The second-order valence-corrected chi connectivity index (χ2v) is 8.64. The van der Waals surface area contributed by atoms with Gasteiger partial charge >= 0.3 is 0 Å². The van der Waals surface area contributed by atoms with Crippen LogP contribution in [0.5, 0.6) is 5.88 Å². The number of thioether (sulfide) groups is 1. The Bertz CT molecular complexity index is 724. The Morgan fingerprint density at radius 3 is 2.73 bits per heavy atom. The first-order valence-corrected chi connectivity index (χ1v) is 10.3. The fraction of sp³-hybridized carbons (Fsp3) is 0.722. The molecule has 4 rings (SSSR count). The van der Waals surface area contributed by atoms with E-state index in [9.17, 15) is 4.39 Å². The Balaban J connectivity index is 1.69. The molecule has 8 heteroatoms. The number of aliphatic imine (C=N–C) groups is 1. The number of amidine groups is 1. The van der Waals surface area contributed by atoms with Crippen molar-refractivity contribution >= 4 is 22.9 Å². The van der Waals surface area contributed by atoms with Crippen molar-refractivity contribution in [2.75, 3.05) is 30.9 Å². The largest absolute Gasteiger partial charge is 0.479 e. The van der Waals surface area contributed by atoms with E-state index in [4.69, 9.17) is 15.5 Å². The predicted octanol–water partition coefficient (Wildman–Crippen LogP) is 2.75. The van der Waals surface area contributed by atoms with Crippen molar-refractivity contribution in [2.45, 2.75) is 44.6 Å². The summed E-state index contributed by atoms with van der Waals surface area (Å²) in [4.78, 5) is 15.9. The summed E-state index contributed by atoms with van der Waals surface area (Å²) in [7, 11) is 1.43. The lowest BCUT2D eigenvalue weighted by molar-refractivity contribution is 0.186. The van der Waals surface area contributed by atoms with E-state index in [-0.39, 0.29) is 11.4 Å². The molecule has 1 aliphatic carbocycles. The Hall–Kier alpha value is -1.57. The molecule has 1 aromatic heterocycles. The number of nitrogens with two attached hydrogens (primary N) is 1. The van der Waals surface area contributed by atoms with Crippen molar-refractivity contribution in [3.05, 3.63) is 11.5 Å². The molecule has 0 radical (unpaired) electrons. The quantitative estimate of drug-likeness (QED) is 0.870. The SMILES string of the molecule is COc1nc(N2CC3CSC(N)=NC3(C3CCCCC3)C2)nc(C)c1F. The molecule has 2 N–H and O–H groups in total. The van der Waals surface area contributed by atoms with Crippen LogP contribution in [0.4, 0.5) is 10.3 Å². The summed E-state index contributed by atoms with van der Waals surface area (Å²) in [5, 5.41) is 0.697. The molecule has 142 valence electrons.